The predicted molar refractivity (Wildman–Crippen MR) is 116 cm³/mol. The fourth-order valence-electron chi connectivity index (χ4n) is 4.36. The van der Waals surface area contributed by atoms with Gasteiger partial charge in [-0.25, -0.2) is 13.4 Å². The first-order chi connectivity index (χ1) is 13.8. The van der Waals surface area contributed by atoms with Gasteiger partial charge in [0.25, 0.3) is 5.56 Å². The molecule has 0 saturated carbocycles. The lowest BCUT2D eigenvalue weighted by molar-refractivity contribution is 0.211. The summed E-state index contributed by atoms with van der Waals surface area (Å²) in [4.78, 5) is 21.9. The van der Waals surface area contributed by atoms with Crippen molar-refractivity contribution in [2.24, 2.45) is 5.92 Å². The van der Waals surface area contributed by atoms with Gasteiger partial charge in [-0.05, 0) is 50.8 Å². The number of rotatable bonds is 4. The van der Waals surface area contributed by atoms with Gasteiger partial charge in [0, 0.05) is 44.5 Å². The summed E-state index contributed by atoms with van der Waals surface area (Å²) in [6.45, 7) is 8.77. The number of fused-ring (bicyclic) bond motifs is 1. The van der Waals surface area contributed by atoms with Gasteiger partial charge < -0.3 is 4.90 Å². The number of hydrogen-bond donors (Lipinski definition) is 0. The summed E-state index contributed by atoms with van der Waals surface area (Å²) in [5.74, 6) is 1.19. The molecule has 2 aliphatic heterocycles. The number of anilines is 1. The highest BCUT2D eigenvalue weighted by atomic mass is 32.2. The van der Waals surface area contributed by atoms with E-state index in [0.717, 1.165) is 56.8 Å². The van der Waals surface area contributed by atoms with E-state index in [9.17, 15) is 13.2 Å². The highest BCUT2D eigenvalue weighted by Crippen LogP contribution is 2.23. The summed E-state index contributed by atoms with van der Waals surface area (Å²) in [5, 5.41) is 0.663. The Hall–Kier alpha value is -1.93. The van der Waals surface area contributed by atoms with E-state index in [1.165, 1.54) is 0 Å². The average Bonchev–Trinajstić information content (AvgIpc) is 2.70. The van der Waals surface area contributed by atoms with Gasteiger partial charge in [0.05, 0.1) is 28.7 Å². The van der Waals surface area contributed by atoms with Crippen LogP contribution in [0.3, 0.4) is 0 Å². The average molecular weight is 419 g/mol. The predicted octanol–water partition coefficient (Wildman–Crippen LogP) is 1.92. The highest BCUT2D eigenvalue weighted by molar-refractivity contribution is 7.91. The van der Waals surface area contributed by atoms with E-state index < -0.39 is 9.84 Å². The molecule has 4 rings (SSSR count). The molecular formula is C21H30N4O3S. The van der Waals surface area contributed by atoms with Crippen LogP contribution in [0.4, 0.5) is 5.69 Å². The molecule has 0 spiro atoms. The van der Waals surface area contributed by atoms with Crippen molar-refractivity contribution in [3.8, 4) is 0 Å². The Kier molecular flexibility index (Phi) is 5.66. The maximum atomic E-state index is 12.6. The van der Waals surface area contributed by atoms with Crippen LogP contribution in [0.1, 0.15) is 32.7 Å². The van der Waals surface area contributed by atoms with E-state index in [-0.39, 0.29) is 11.6 Å². The van der Waals surface area contributed by atoms with Crippen LogP contribution in [0.25, 0.3) is 10.9 Å². The number of piperazine rings is 1. The molecule has 0 aliphatic carbocycles. The monoisotopic (exact) mass is 418 g/mol. The van der Waals surface area contributed by atoms with Crippen molar-refractivity contribution in [1.82, 2.24) is 14.5 Å². The molecule has 1 aromatic carbocycles. The van der Waals surface area contributed by atoms with Gasteiger partial charge in [0.2, 0.25) is 0 Å². The fourth-order valence-corrected chi connectivity index (χ4v) is 5.95. The van der Waals surface area contributed by atoms with E-state index >= 15 is 0 Å². The molecule has 29 heavy (non-hydrogen) atoms. The zero-order valence-electron chi connectivity index (χ0n) is 17.2. The lowest BCUT2D eigenvalue weighted by atomic mass is 10.0. The minimum absolute atomic E-state index is 0.0101. The first-order valence-corrected chi connectivity index (χ1v) is 12.3. The normalized spacial score (nSPS) is 21.1. The maximum absolute atomic E-state index is 12.6. The van der Waals surface area contributed by atoms with Crippen molar-refractivity contribution in [1.29, 1.82) is 0 Å². The lowest BCUT2D eigenvalue weighted by Crippen LogP contribution is -2.48. The van der Waals surface area contributed by atoms with Crippen LogP contribution in [0.5, 0.6) is 0 Å². The van der Waals surface area contributed by atoms with Crippen molar-refractivity contribution in [3.63, 3.8) is 0 Å². The zero-order chi connectivity index (χ0) is 20.6. The molecule has 2 saturated heterocycles. The summed E-state index contributed by atoms with van der Waals surface area (Å²) in [7, 11) is -2.79. The van der Waals surface area contributed by atoms with Crippen molar-refractivity contribution in [2.75, 3.05) is 49.1 Å². The van der Waals surface area contributed by atoms with Gasteiger partial charge in [-0.2, -0.15) is 0 Å². The topological polar surface area (TPSA) is 75.5 Å². The third-order valence-electron chi connectivity index (χ3n) is 6.25. The molecule has 0 radical (unpaired) electrons. The number of nitrogens with zero attached hydrogens (tertiary/aromatic N) is 4. The molecule has 7 nitrogen and oxygen atoms in total. The second-order valence-electron chi connectivity index (χ2n) is 8.64. The van der Waals surface area contributed by atoms with Crippen LogP contribution in [-0.2, 0) is 9.84 Å². The Bertz CT molecular complexity index is 1030. The zero-order valence-corrected chi connectivity index (χ0v) is 18.1. The minimum atomic E-state index is -2.79. The Morgan fingerprint density at radius 1 is 1.10 bits per heavy atom. The molecule has 2 aliphatic rings. The van der Waals surface area contributed by atoms with E-state index in [1.54, 1.807) is 10.9 Å². The summed E-state index contributed by atoms with van der Waals surface area (Å²) in [6.07, 6.45) is 3.24. The number of sulfone groups is 1. The highest BCUT2D eigenvalue weighted by Gasteiger charge is 2.26. The molecule has 3 heterocycles. The molecule has 8 heteroatoms. The number of hydrogen-bond acceptors (Lipinski definition) is 6. The SMILES string of the molecule is CC(C)n1cnc2cc(N3CCN(CC4CCS(=O)(=O)CC4)CC3)ccc2c1=O. The quantitative estimate of drug-likeness (QED) is 0.755. The van der Waals surface area contributed by atoms with E-state index in [2.05, 4.69) is 14.8 Å². The Labute approximate surface area is 172 Å². The largest absolute Gasteiger partial charge is 0.369 e. The smallest absolute Gasteiger partial charge is 0.261 e. The third kappa shape index (κ3) is 4.48. The van der Waals surface area contributed by atoms with Crippen LogP contribution in [0.2, 0.25) is 0 Å². The summed E-state index contributed by atoms with van der Waals surface area (Å²) < 4.78 is 24.9. The molecule has 0 amide bonds. The Morgan fingerprint density at radius 3 is 2.45 bits per heavy atom. The first kappa shape index (κ1) is 20.3. The number of benzene rings is 1. The molecule has 2 aromatic rings. The molecule has 0 atom stereocenters. The first-order valence-electron chi connectivity index (χ1n) is 10.5. The summed E-state index contributed by atoms with van der Waals surface area (Å²) in [6, 6.07) is 6.03. The molecule has 2 fully saturated rings. The van der Waals surface area contributed by atoms with Gasteiger partial charge in [-0.3, -0.25) is 14.3 Å². The maximum Gasteiger partial charge on any atom is 0.261 e. The Morgan fingerprint density at radius 2 is 1.79 bits per heavy atom. The van der Waals surface area contributed by atoms with Crippen LogP contribution in [0.15, 0.2) is 29.3 Å². The Balaban J connectivity index is 1.39. The van der Waals surface area contributed by atoms with Crippen molar-refractivity contribution in [2.45, 2.75) is 32.7 Å². The second kappa shape index (κ2) is 8.07. The number of aromatic nitrogens is 2. The van der Waals surface area contributed by atoms with E-state index in [4.69, 9.17) is 0 Å². The fraction of sp³-hybridized carbons (Fsp3) is 0.619. The lowest BCUT2D eigenvalue weighted by Gasteiger charge is -2.38. The van der Waals surface area contributed by atoms with Crippen molar-refractivity contribution < 1.29 is 8.42 Å². The van der Waals surface area contributed by atoms with Crippen molar-refractivity contribution in [3.05, 3.63) is 34.9 Å². The summed E-state index contributed by atoms with van der Waals surface area (Å²) in [5.41, 5.74) is 1.86. The van der Waals surface area contributed by atoms with E-state index in [1.807, 2.05) is 32.0 Å². The molecule has 0 bridgehead atoms. The van der Waals surface area contributed by atoms with Gasteiger partial charge in [0.1, 0.15) is 9.84 Å². The summed E-state index contributed by atoms with van der Waals surface area (Å²) >= 11 is 0. The standard InChI is InChI=1S/C21H30N4O3S/c1-16(2)25-15-22-20-13-18(3-4-19(20)21(25)26)24-9-7-23(8-10-24)14-17-5-11-29(27,28)12-6-17/h3-4,13,15-17H,5-12,14H2,1-2H3. The molecule has 0 unspecified atom stereocenters. The van der Waals surface area contributed by atoms with Crippen molar-refractivity contribution >= 4 is 26.4 Å². The van der Waals surface area contributed by atoms with Gasteiger partial charge in [-0.15, -0.1) is 0 Å². The minimum Gasteiger partial charge on any atom is -0.369 e. The van der Waals surface area contributed by atoms with Crippen LogP contribution < -0.4 is 10.5 Å². The third-order valence-corrected chi connectivity index (χ3v) is 7.97. The van der Waals surface area contributed by atoms with E-state index in [0.29, 0.717) is 22.8 Å². The van der Waals surface area contributed by atoms with Crippen LogP contribution >= 0.6 is 0 Å². The van der Waals surface area contributed by atoms with Gasteiger partial charge >= 0.3 is 0 Å². The van der Waals surface area contributed by atoms with Crippen LogP contribution in [0, 0.1) is 5.92 Å². The molecule has 158 valence electrons. The van der Waals surface area contributed by atoms with Gasteiger partial charge in [0.15, 0.2) is 0 Å². The second-order valence-corrected chi connectivity index (χ2v) is 10.9. The van der Waals surface area contributed by atoms with Gasteiger partial charge in [-0.1, -0.05) is 0 Å². The molecular weight excluding hydrogens is 388 g/mol. The van der Waals surface area contributed by atoms with Crippen LogP contribution in [-0.4, -0.2) is 67.1 Å². The molecule has 0 N–H and O–H groups in total. The molecule has 1 aromatic heterocycles.